The van der Waals surface area contributed by atoms with Gasteiger partial charge in [0, 0.05) is 18.3 Å². The van der Waals surface area contributed by atoms with Crippen LogP contribution < -0.4 is 10.4 Å². The molecule has 0 aliphatic heterocycles. The summed E-state index contributed by atoms with van der Waals surface area (Å²) in [5, 5.41) is 1.67. The van der Waals surface area contributed by atoms with Gasteiger partial charge in [0.05, 0.1) is 5.88 Å². The number of halogens is 2. The third kappa shape index (κ3) is 6.23. The summed E-state index contributed by atoms with van der Waals surface area (Å²) in [6.07, 6.45) is 0.977. The molecule has 1 aromatic heterocycles. The number of anilines is 1. The Morgan fingerprint density at radius 3 is 2.59 bits per heavy atom. The van der Waals surface area contributed by atoms with Crippen molar-refractivity contribution in [3.63, 3.8) is 0 Å². The molecule has 1 rings (SSSR count). The molecular formula is C14H22Cl2N4O2. The second-order valence-corrected chi connectivity index (χ2v) is 6.84. The van der Waals surface area contributed by atoms with Gasteiger partial charge in [-0.3, -0.25) is 5.01 Å². The number of carbonyl (C=O) groups excluding carboxylic acids is 1. The van der Waals surface area contributed by atoms with Crippen LogP contribution in [0.4, 0.5) is 10.6 Å². The Bertz CT molecular complexity index is 518. The molecule has 0 unspecified atom stereocenters. The highest BCUT2D eigenvalue weighted by Gasteiger charge is 2.22. The highest BCUT2D eigenvalue weighted by atomic mass is 35.5. The van der Waals surface area contributed by atoms with Crippen molar-refractivity contribution in [1.29, 1.82) is 0 Å². The molecule has 124 valence electrons. The molecule has 8 heteroatoms. The lowest BCUT2D eigenvalue weighted by Crippen LogP contribution is -2.47. The van der Waals surface area contributed by atoms with E-state index in [1.54, 1.807) is 32.0 Å². The molecule has 6 nitrogen and oxygen atoms in total. The zero-order valence-electron chi connectivity index (χ0n) is 13.5. The maximum Gasteiger partial charge on any atom is 0.426 e. The van der Waals surface area contributed by atoms with E-state index in [0.717, 1.165) is 0 Å². The number of alkyl halides is 1. The van der Waals surface area contributed by atoms with Crippen LogP contribution in [0.25, 0.3) is 0 Å². The molecule has 0 atom stereocenters. The Balaban J connectivity index is 3.03. The van der Waals surface area contributed by atoms with Gasteiger partial charge in [-0.15, -0.1) is 11.6 Å². The second-order valence-electron chi connectivity index (χ2n) is 6.24. The lowest BCUT2D eigenvalue weighted by molar-refractivity contribution is 0.0519. The molecule has 0 saturated carbocycles. The third-order valence-electron chi connectivity index (χ3n) is 2.38. The summed E-state index contributed by atoms with van der Waals surface area (Å²) in [5.41, 5.74) is 2.77. The largest absolute Gasteiger partial charge is 0.443 e. The van der Waals surface area contributed by atoms with Gasteiger partial charge >= 0.3 is 6.09 Å². The number of hydrogen-bond donors (Lipinski definition) is 1. The predicted octanol–water partition coefficient (Wildman–Crippen LogP) is 3.77. The van der Waals surface area contributed by atoms with Crippen LogP contribution in [0.3, 0.4) is 0 Å². The molecule has 1 amide bonds. The monoisotopic (exact) mass is 348 g/mol. The lowest BCUT2D eigenvalue weighted by atomic mass is 10.2. The van der Waals surface area contributed by atoms with Crippen molar-refractivity contribution in [2.24, 2.45) is 5.92 Å². The molecule has 0 radical (unpaired) electrons. The molecule has 0 bridgehead atoms. The first-order valence-electron chi connectivity index (χ1n) is 6.97. The minimum Gasteiger partial charge on any atom is -0.443 e. The highest BCUT2D eigenvalue weighted by Crippen LogP contribution is 2.21. The van der Waals surface area contributed by atoms with E-state index in [2.05, 4.69) is 15.4 Å². The molecule has 0 saturated heterocycles. The molecule has 1 heterocycles. The fraction of sp³-hybridized carbons (Fsp3) is 0.643. The Morgan fingerprint density at radius 2 is 2.09 bits per heavy atom. The van der Waals surface area contributed by atoms with Crippen LogP contribution in [0.1, 0.15) is 40.2 Å². The minimum atomic E-state index is -0.591. The number of aromatic nitrogens is 2. The molecule has 1 aromatic rings. The normalized spacial score (nSPS) is 11.5. The molecule has 0 aliphatic carbocycles. The summed E-state index contributed by atoms with van der Waals surface area (Å²) >= 11 is 11.8. The van der Waals surface area contributed by atoms with E-state index in [1.807, 2.05) is 13.8 Å². The van der Waals surface area contributed by atoms with Crippen molar-refractivity contribution >= 4 is 35.1 Å². The van der Waals surface area contributed by atoms with E-state index in [9.17, 15) is 4.79 Å². The maximum absolute atomic E-state index is 12.0. The summed E-state index contributed by atoms with van der Waals surface area (Å²) in [6, 6.07) is 0. The summed E-state index contributed by atoms with van der Waals surface area (Å²) in [4.78, 5) is 20.1. The average Bonchev–Trinajstić information content (AvgIpc) is 2.35. The van der Waals surface area contributed by atoms with Crippen molar-refractivity contribution < 1.29 is 9.53 Å². The van der Waals surface area contributed by atoms with Crippen molar-refractivity contribution in [3.05, 3.63) is 17.0 Å². The Kier molecular flexibility index (Phi) is 6.68. The average molecular weight is 349 g/mol. The lowest BCUT2D eigenvalue weighted by Gasteiger charge is -2.29. The molecule has 22 heavy (non-hydrogen) atoms. The number of nitrogens with one attached hydrogen (secondary N) is 1. The van der Waals surface area contributed by atoms with Gasteiger partial charge < -0.3 is 4.74 Å². The molecule has 0 spiro atoms. The summed E-state index contributed by atoms with van der Waals surface area (Å²) < 4.78 is 5.27. The van der Waals surface area contributed by atoms with Crippen molar-refractivity contribution in [2.75, 3.05) is 11.6 Å². The van der Waals surface area contributed by atoms with Crippen molar-refractivity contribution in [2.45, 2.75) is 46.1 Å². The highest BCUT2D eigenvalue weighted by molar-refractivity contribution is 6.28. The van der Waals surface area contributed by atoms with E-state index in [0.29, 0.717) is 17.9 Å². The van der Waals surface area contributed by atoms with Crippen LogP contribution in [-0.2, 0) is 10.6 Å². The first-order valence-corrected chi connectivity index (χ1v) is 7.88. The fourth-order valence-electron chi connectivity index (χ4n) is 1.67. The molecular weight excluding hydrogens is 327 g/mol. The maximum atomic E-state index is 12.0. The van der Waals surface area contributed by atoms with Crippen LogP contribution in [0, 0.1) is 5.92 Å². The van der Waals surface area contributed by atoms with Crippen LogP contribution >= 0.6 is 23.2 Å². The van der Waals surface area contributed by atoms with Gasteiger partial charge in [-0.05, 0) is 38.3 Å². The number of rotatable bonds is 5. The Morgan fingerprint density at radius 1 is 1.45 bits per heavy atom. The zero-order chi connectivity index (χ0) is 16.9. The van der Waals surface area contributed by atoms with Gasteiger partial charge in [-0.1, -0.05) is 13.8 Å². The summed E-state index contributed by atoms with van der Waals surface area (Å²) in [7, 11) is 0. The van der Waals surface area contributed by atoms with Crippen LogP contribution in [-0.4, -0.2) is 28.2 Å². The van der Waals surface area contributed by atoms with E-state index >= 15 is 0 Å². The Hall–Kier alpha value is -1.27. The number of nitrogens with zero attached hydrogens (tertiary/aromatic N) is 3. The molecule has 1 N–H and O–H groups in total. The number of ether oxygens (including phenoxy) is 1. The summed E-state index contributed by atoms with van der Waals surface area (Å²) in [5.74, 6) is 0.943. The van der Waals surface area contributed by atoms with Crippen LogP contribution in [0.15, 0.2) is 6.20 Å². The molecule has 0 aliphatic rings. The molecule has 0 aromatic carbocycles. The van der Waals surface area contributed by atoms with Crippen molar-refractivity contribution in [1.82, 2.24) is 15.4 Å². The van der Waals surface area contributed by atoms with E-state index in [-0.39, 0.29) is 17.1 Å². The predicted molar refractivity (Wildman–Crippen MR) is 88.2 cm³/mol. The number of amides is 1. The molecule has 0 fully saturated rings. The topological polar surface area (TPSA) is 67.4 Å². The van der Waals surface area contributed by atoms with Gasteiger partial charge in [0.25, 0.3) is 0 Å². The van der Waals surface area contributed by atoms with Gasteiger partial charge in [0.1, 0.15) is 5.60 Å². The summed E-state index contributed by atoms with van der Waals surface area (Å²) in [6.45, 7) is 9.96. The Labute approximate surface area is 141 Å². The van der Waals surface area contributed by atoms with Gasteiger partial charge in [0.15, 0.2) is 5.82 Å². The zero-order valence-corrected chi connectivity index (χ0v) is 15.0. The van der Waals surface area contributed by atoms with E-state index in [1.165, 1.54) is 0 Å². The van der Waals surface area contributed by atoms with E-state index in [4.69, 9.17) is 27.9 Å². The fourth-order valence-corrected chi connectivity index (χ4v) is 1.98. The smallest absolute Gasteiger partial charge is 0.426 e. The standard InChI is InChI=1S/C14H22Cl2N4O2/c1-9(2)8-20(19-13(21)22-14(3,4)5)11-10(6-15)7-17-12(16)18-11/h7,9H,6,8H2,1-5H3,(H,19,21). The van der Waals surface area contributed by atoms with Gasteiger partial charge in [-0.2, -0.15) is 4.98 Å². The number of hydrazine groups is 1. The van der Waals surface area contributed by atoms with Crippen LogP contribution in [0.5, 0.6) is 0 Å². The third-order valence-corrected chi connectivity index (χ3v) is 2.85. The quantitative estimate of drug-likeness (QED) is 0.498. The van der Waals surface area contributed by atoms with Gasteiger partial charge in [0.2, 0.25) is 5.28 Å². The minimum absolute atomic E-state index is 0.0867. The number of hydrogen-bond acceptors (Lipinski definition) is 5. The van der Waals surface area contributed by atoms with E-state index < -0.39 is 11.7 Å². The second kappa shape index (κ2) is 7.83. The number of carbonyl (C=O) groups is 1. The SMILES string of the molecule is CC(C)CN(NC(=O)OC(C)(C)C)c1nc(Cl)ncc1CCl. The van der Waals surface area contributed by atoms with Gasteiger partial charge in [-0.25, -0.2) is 15.2 Å². The first kappa shape index (κ1) is 18.8. The van der Waals surface area contributed by atoms with Crippen LogP contribution in [0.2, 0.25) is 5.28 Å². The first-order chi connectivity index (χ1) is 10.1. The van der Waals surface area contributed by atoms with Crippen molar-refractivity contribution in [3.8, 4) is 0 Å².